The van der Waals surface area contributed by atoms with E-state index in [9.17, 15) is 9.18 Å². The summed E-state index contributed by atoms with van der Waals surface area (Å²) < 4.78 is 23.2. The van der Waals surface area contributed by atoms with Crippen molar-refractivity contribution in [2.75, 3.05) is 0 Å². The van der Waals surface area contributed by atoms with Gasteiger partial charge in [0, 0.05) is 17.5 Å². The van der Waals surface area contributed by atoms with Gasteiger partial charge in [-0.3, -0.25) is 4.79 Å². The average molecular weight is 351 g/mol. The molecule has 130 valence electrons. The van der Waals surface area contributed by atoms with Crippen LogP contribution in [0.2, 0.25) is 0 Å². The second-order valence-electron chi connectivity index (χ2n) is 5.45. The highest BCUT2D eigenvalue weighted by atomic mass is 19.1. The number of esters is 1. The zero-order valence-corrected chi connectivity index (χ0v) is 13.7. The summed E-state index contributed by atoms with van der Waals surface area (Å²) in [6.07, 6.45) is 0.298. The van der Waals surface area contributed by atoms with Crippen LogP contribution in [0, 0.1) is 17.1 Å². The molecule has 3 rings (SSSR count). The number of hydrogen-bond donors (Lipinski definition) is 0. The average Bonchev–Trinajstić information content (AvgIpc) is 3.14. The summed E-state index contributed by atoms with van der Waals surface area (Å²) in [5.74, 6) is -0.160. The smallest absolute Gasteiger partial charge is 0.306 e. The second-order valence-corrected chi connectivity index (χ2v) is 5.45. The molecule has 0 amide bonds. The number of rotatable bonds is 6. The first-order chi connectivity index (χ1) is 12.7. The highest BCUT2D eigenvalue weighted by Crippen LogP contribution is 2.17. The molecule has 0 atom stereocenters. The van der Waals surface area contributed by atoms with Crippen molar-refractivity contribution in [2.24, 2.45) is 0 Å². The molecule has 0 bridgehead atoms. The molecule has 3 aromatic rings. The topological polar surface area (TPSA) is 89.0 Å². The van der Waals surface area contributed by atoms with Crippen LogP contribution in [0.1, 0.15) is 23.4 Å². The Bertz CT molecular complexity index is 945. The molecule has 0 fully saturated rings. The molecule has 6 nitrogen and oxygen atoms in total. The molecule has 0 N–H and O–H groups in total. The van der Waals surface area contributed by atoms with Gasteiger partial charge >= 0.3 is 5.97 Å². The summed E-state index contributed by atoms with van der Waals surface area (Å²) in [7, 11) is 0. The number of carbonyl (C=O) groups is 1. The zero-order chi connectivity index (χ0) is 18.4. The van der Waals surface area contributed by atoms with Gasteiger partial charge in [-0.2, -0.15) is 10.2 Å². The number of nitriles is 1. The number of ether oxygens (including phenoxy) is 1. The van der Waals surface area contributed by atoms with Gasteiger partial charge in [0.1, 0.15) is 12.4 Å². The SMILES string of the molecule is N#Cc1ccccc1COC(=O)CCc1nc(-c2ccc(F)cc2)no1. The van der Waals surface area contributed by atoms with Crippen molar-refractivity contribution in [2.45, 2.75) is 19.4 Å². The number of aryl methyl sites for hydroxylation is 1. The number of aromatic nitrogens is 2. The van der Waals surface area contributed by atoms with Crippen LogP contribution in [0.15, 0.2) is 53.1 Å². The van der Waals surface area contributed by atoms with Crippen LogP contribution in [0.25, 0.3) is 11.4 Å². The van der Waals surface area contributed by atoms with Crippen molar-refractivity contribution in [1.82, 2.24) is 10.1 Å². The summed E-state index contributed by atoms with van der Waals surface area (Å²) in [5, 5.41) is 12.8. The lowest BCUT2D eigenvalue weighted by molar-refractivity contribution is -0.145. The van der Waals surface area contributed by atoms with E-state index in [-0.39, 0.29) is 25.3 Å². The summed E-state index contributed by atoms with van der Waals surface area (Å²) in [6, 6.07) is 14.7. The molecule has 2 aromatic carbocycles. The first kappa shape index (κ1) is 17.3. The first-order valence-corrected chi connectivity index (χ1v) is 7.88. The normalized spacial score (nSPS) is 10.3. The van der Waals surface area contributed by atoms with Gasteiger partial charge < -0.3 is 9.26 Å². The monoisotopic (exact) mass is 351 g/mol. The van der Waals surface area contributed by atoms with Gasteiger partial charge in [0.05, 0.1) is 18.1 Å². The Morgan fingerprint density at radius 3 is 2.73 bits per heavy atom. The van der Waals surface area contributed by atoms with E-state index in [1.165, 1.54) is 12.1 Å². The van der Waals surface area contributed by atoms with Crippen LogP contribution in [0.5, 0.6) is 0 Å². The molecule has 26 heavy (non-hydrogen) atoms. The van der Waals surface area contributed by atoms with Gasteiger partial charge in [0.25, 0.3) is 0 Å². The Labute approximate surface area is 148 Å². The molecular formula is C19H14FN3O3. The maximum Gasteiger partial charge on any atom is 0.306 e. The summed E-state index contributed by atoms with van der Waals surface area (Å²) in [6.45, 7) is 0.0349. The van der Waals surface area contributed by atoms with Crippen molar-refractivity contribution in [3.8, 4) is 17.5 Å². The molecular weight excluding hydrogens is 337 g/mol. The minimum absolute atomic E-state index is 0.0349. The number of halogens is 1. The molecule has 0 radical (unpaired) electrons. The minimum Gasteiger partial charge on any atom is -0.461 e. The standard InChI is InChI=1S/C19H14FN3O3/c20-16-7-5-13(6-8-16)19-22-17(26-23-19)9-10-18(24)25-12-15-4-2-1-3-14(15)11-21/h1-8H,9-10,12H2. The van der Waals surface area contributed by atoms with E-state index in [4.69, 9.17) is 14.5 Å². The highest BCUT2D eigenvalue weighted by Gasteiger charge is 2.12. The van der Waals surface area contributed by atoms with E-state index in [0.29, 0.717) is 28.4 Å². The molecule has 0 aliphatic rings. The van der Waals surface area contributed by atoms with Crippen molar-refractivity contribution in [3.63, 3.8) is 0 Å². The molecule has 1 heterocycles. The molecule has 0 saturated carbocycles. The third kappa shape index (κ3) is 4.30. The van der Waals surface area contributed by atoms with E-state index in [0.717, 1.165) is 0 Å². The van der Waals surface area contributed by atoms with Gasteiger partial charge in [-0.15, -0.1) is 0 Å². The molecule has 1 aromatic heterocycles. The fraction of sp³-hybridized carbons (Fsp3) is 0.158. The number of hydrogen-bond acceptors (Lipinski definition) is 6. The molecule has 0 aliphatic heterocycles. The van der Waals surface area contributed by atoms with Gasteiger partial charge in [-0.05, 0) is 30.3 Å². The lowest BCUT2D eigenvalue weighted by Crippen LogP contribution is -2.07. The lowest BCUT2D eigenvalue weighted by atomic mass is 10.1. The Morgan fingerprint density at radius 2 is 1.96 bits per heavy atom. The van der Waals surface area contributed by atoms with Crippen LogP contribution in [-0.2, 0) is 22.6 Å². The summed E-state index contributed by atoms with van der Waals surface area (Å²) >= 11 is 0. The van der Waals surface area contributed by atoms with Crippen molar-refractivity contribution in [3.05, 3.63) is 71.4 Å². The fourth-order valence-electron chi connectivity index (χ4n) is 2.27. The predicted octanol–water partition coefficient (Wildman–Crippen LogP) is 3.42. The van der Waals surface area contributed by atoms with E-state index >= 15 is 0 Å². The highest BCUT2D eigenvalue weighted by molar-refractivity contribution is 5.69. The molecule has 0 aliphatic carbocycles. The zero-order valence-electron chi connectivity index (χ0n) is 13.7. The Morgan fingerprint density at radius 1 is 1.19 bits per heavy atom. The van der Waals surface area contributed by atoms with Crippen LogP contribution in [0.4, 0.5) is 4.39 Å². The number of carbonyl (C=O) groups excluding carboxylic acids is 1. The molecule has 0 spiro atoms. The van der Waals surface area contributed by atoms with Crippen LogP contribution < -0.4 is 0 Å². The predicted molar refractivity (Wildman–Crippen MR) is 89.0 cm³/mol. The van der Waals surface area contributed by atoms with E-state index in [1.807, 2.05) is 0 Å². The largest absolute Gasteiger partial charge is 0.461 e. The minimum atomic E-state index is -0.431. The second kappa shape index (κ2) is 8.03. The third-order valence-electron chi connectivity index (χ3n) is 3.64. The first-order valence-electron chi connectivity index (χ1n) is 7.88. The summed E-state index contributed by atoms with van der Waals surface area (Å²) in [5.41, 5.74) is 1.75. The lowest BCUT2D eigenvalue weighted by Gasteiger charge is -2.05. The van der Waals surface area contributed by atoms with Crippen LogP contribution in [-0.4, -0.2) is 16.1 Å². The Hall–Kier alpha value is -3.53. The van der Waals surface area contributed by atoms with Crippen molar-refractivity contribution >= 4 is 5.97 Å². The van der Waals surface area contributed by atoms with Gasteiger partial charge in [0.15, 0.2) is 0 Å². The third-order valence-corrected chi connectivity index (χ3v) is 3.64. The van der Waals surface area contributed by atoms with Crippen LogP contribution in [0.3, 0.4) is 0 Å². The fourth-order valence-corrected chi connectivity index (χ4v) is 2.27. The van der Waals surface area contributed by atoms with Crippen LogP contribution >= 0.6 is 0 Å². The van der Waals surface area contributed by atoms with Crippen molar-refractivity contribution in [1.29, 1.82) is 5.26 Å². The van der Waals surface area contributed by atoms with Gasteiger partial charge in [-0.25, -0.2) is 4.39 Å². The van der Waals surface area contributed by atoms with Gasteiger partial charge in [-0.1, -0.05) is 23.4 Å². The number of nitrogens with zero attached hydrogens (tertiary/aromatic N) is 3. The number of benzene rings is 2. The molecule has 0 saturated heterocycles. The summed E-state index contributed by atoms with van der Waals surface area (Å²) in [4.78, 5) is 16.0. The molecule has 0 unspecified atom stereocenters. The van der Waals surface area contributed by atoms with Crippen molar-refractivity contribution < 1.29 is 18.4 Å². The van der Waals surface area contributed by atoms with Gasteiger partial charge in [0.2, 0.25) is 11.7 Å². The Balaban J connectivity index is 1.52. The quantitative estimate of drug-likeness (QED) is 0.632. The Kier molecular flexibility index (Phi) is 5.34. The van der Waals surface area contributed by atoms with E-state index < -0.39 is 5.97 Å². The molecule has 7 heteroatoms. The maximum absolute atomic E-state index is 12.9. The van der Waals surface area contributed by atoms with E-state index in [1.54, 1.807) is 36.4 Å². The maximum atomic E-state index is 12.9. The van der Waals surface area contributed by atoms with E-state index in [2.05, 4.69) is 16.2 Å².